The zero-order chi connectivity index (χ0) is 15.6. The fourth-order valence-electron chi connectivity index (χ4n) is 1.53. The van der Waals surface area contributed by atoms with Gasteiger partial charge in [0.15, 0.2) is 0 Å². The van der Waals surface area contributed by atoms with Gasteiger partial charge in [0, 0.05) is 16.6 Å². The summed E-state index contributed by atoms with van der Waals surface area (Å²) in [6, 6.07) is 6.25. The lowest BCUT2D eigenvalue weighted by Gasteiger charge is -2.45. The molecule has 114 valence electrons. The molecule has 2 N–H and O–H groups in total. The Bertz CT molecular complexity index is 455. The van der Waals surface area contributed by atoms with Crippen molar-refractivity contribution < 1.29 is 13.3 Å². The highest BCUT2D eigenvalue weighted by molar-refractivity contribution is 8.28. The molecule has 0 spiro atoms. The minimum atomic E-state index is -3.13. The average molecular weight is 303 g/mol. The second-order valence-electron chi connectivity index (χ2n) is 5.81. The third kappa shape index (κ3) is 3.59. The van der Waals surface area contributed by atoms with Gasteiger partial charge in [-0.15, -0.1) is 6.58 Å². The summed E-state index contributed by atoms with van der Waals surface area (Å²) in [5.41, 5.74) is -0.0958. The van der Waals surface area contributed by atoms with Crippen LogP contribution in [0, 0.1) is 0 Å². The van der Waals surface area contributed by atoms with Crippen LogP contribution in [0.5, 0.6) is 0 Å². The molecule has 0 bridgehead atoms. The van der Waals surface area contributed by atoms with Crippen molar-refractivity contribution in [2.45, 2.75) is 37.5 Å². The molecule has 0 aliphatic rings. The summed E-state index contributed by atoms with van der Waals surface area (Å²) in [5, 5.41) is 0. The monoisotopic (exact) mass is 303 g/mol. The Balaban J connectivity index is 3.05. The minimum Gasteiger partial charge on any atom is -0.338 e. The standard InChI is InChI=1S/C15H23F2NOS/c1-6-13(18-20(5,19)14(2,3)4)15(16,17)12-10-8-7-9-11-12/h6-11,13,18-19H,1H2,2-5H3. The first-order valence-electron chi connectivity index (χ1n) is 6.36. The SMILES string of the molecule is C=CC(NS(C)(O)C(C)(C)C)C(F)(F)c1ccccc1. The van der Waals surface area contributed by atoms with Crippen LogP contribution in [0.15, 0.2) is 43.0 Å². The number of nitrogens with one attached hydrogen (secondary N) is 1. The van der Waals surface area contributed by atoms with Crippen molar-refractivity contribution >= 4 is 10.5 Å². The number of halogens is 2. The fraction of sp³-hybridized carbons (Fsp3) is 0.467. The van der Waals surface area contributed by atoms with E-state index in [0.29, 0.717) is 0 Å². The summed E-state index contributed by atoms with van der Waals surface area (Å²) in [5.74, 6) is -3.13. The number of alkyl halides is 2. The lowest BCUT2D eigenvalue weighted by atomic mass is 10.0. The van der Waals surface area contributed by atoms with E-state index >= 15 is 0 Å². The lowest BCUT2D eigenvalue weighted by molar-refractivity contribution is -0.0219. The van der Waals surface area contributed by atoms with E-state index in [2.05, 4.69) is 11.3 Å². The average Bonchev–Trinajstić information content (AvgIpc) is 2.35. The minimum absolute atomic E-state index is 0.0958. The van der Waals surface area contributed by atoms with Crippen molar-refractivity contribution in [2.24, 2.45) is 0 Å². The molecule has 0 fully saturated rings. The van der Waals surface area contributed by atoms with Crippen molar-refractivity contribution in [3.63, 3.8) is 0 Å². The molecular formula is C15H23F2NOS. The van der Waals surface area contributed by atoms with Gasteiger partial charge >= 0.3 is 0 Å². The molecule has 2 atom stereocenters. The summed E-state index contributed by atoms with van der Waals surface area (Å²) in [6.07, 6.45) is 2.73. The Morgan fingerprint density at radius 1 is 1.25 bits per heavy atom. The van der Waals surface area contributed by atoms with Crippen LogP contribution in [0.1, 0.15) is 26.3 Å². The summed E-state index contributed by atoms with van der Waals surface area (Å²) < 4.78 is 41.6. The van der Waals surface area contributed by atoms with Crippen molar-refractivity contribution in [3.05, 3.63) is 48.6 Å². The van der Waals surface area contributed by atoms with Crippen molar-refractivity contribution in [1.29, 1.82) is 0 Å². The van der Waals surface area contributed by atoms with Gasteiger partial charge in [-0.05, 0) is 20.8 Å². The van der Waals surface area contributed by atoms with Gasteiger partial charge in [0.1, 0.15) is 6.04 Å². The smallest absolute Gasteiger partial charge is 0.292 e. The molecule has 0 radical (unpaired) electrons. The van der Waals surface area contributed by atoms with Crippen LogP contribution in [0.2, 0.25) is 0 Å². The van der Waals surface area contributed by atoms with Gasteiger partial charge in [0.25, 0.3) is 5.92 Å². The summed E-state index contributed by atoms with van der Waals surface area (Å²) in [6.45, 7) is 8.93. The molecule has 0 amide bonds. The Labute approximate surface area is 121 Å². The lowest BCUT2D eigenvalue weighted by Crippen LogP contribution is -2.46. The van der Waals surface area contributed by atoms with E-state index in [1.807, 2.05) is 20.8 Å². The molecule has 0 heterocycles. The van der Waals surface area contributed by atoms with Gasteiger partial charge in [-0.3, -0.25) is 0 Å². The third-order valence-electron chi connectivity index (χ3n) is 3.33. The molecule has 0 aliphatic heterocycles. The van der Waals surface area contributed by atoms with Crippen LogP contribution in [0.4, 0.5) is 8.78 Å². The zero-order valence-corrected chi connectivity index (χ0v) is 13.2. The van der Waals surface area contributed by atoms with Crippen LogP contribution in [0.25, 0.3) is 0 Å². The number of hydrogen-bond donors (Lipinski definition) is 2. The highest BCUT2D eigenvalue weighted by atomic mass is 32.3. The van der Waals surface area contributed by atoms with Gasteiger partial charge in [0.2, 0.25) is 0 Å². The number of rotatable bonds is 5. The first-order chi connectivity index (χ1) is 9.02. The van der Waals surface area contributed by atoms with E-state index in [-0.39, 0.29) is 5.56 Å². The maximum absolute atomic E-state index is 14.5. The molecule has 1 aromatic rings. The Hall–Kier alpha value is -0.910. The second kappa shape index (κ2) is 5.84. The van der Waals surface area contributed by atoms with E-state index in [1.165, 1.54) is 12.1 Å². The molecule has 0 saturated heterocycles. The van der Waals surface area contributed by atoms with Crippen molar-refractivity contribution in [3.8, 4) is 0 Å². The molecule has 1 aromatic carbocycles. The number of hydrogen-bond acceptors (Lipinski definition) is 2. The summed E-state index contributed by atoms with van der Waals surface area (Å²) in [7, 11) is -2.40. The van der Waals surface area contributed by atoms with E-state index in [9.17, 15) is 13.3 Å². The summed E-state index contributed by atoms with van der Waals surface area (Å²) in [4.78, 5) is 0. The second-order valence-corrected chi connectivity index (χ2v) is 9.02. The van der Waals surface area contributed by atoms with Crippen LogP contribution < -0.4 is 4.72 Å². The predicted molar refractivity (Wildman–Crippen MR) is 83.4 cm³/mol. The van der Waals surface area contributed by atoms with Gasteiger partial charge in [-0.2, -0.15) is 8.78 Å². The summed E-state index contributed by atoms with van der Waals surface area (Å²) >= 11 is 0. The van der Waals surface area contributed by atoms with Gasteiger partial charge in [-0.1, -0.05) is 46.9 Å². The molecule has 2 nitrogen and oxygen atoms in total. The van der Waals surface area contributed by atoms with Crippen molar-refractivity contribution in [2.75, 3.05) is 6.26 Å². The topological polar surface area (TPSA) is 32.3 Å². The molecular weight excluding hydrogens is 280 g/mol. The normalized spacial score (nSPS) is 18.9. The van der Waals surface area contributed by atoms with Crippen LogP contribution in [-0.2, 0) is 5.92 Å². The first kappa shape index (κ1) is 17.1. The van der Waals surface area contributed by atoms with Crippen molar-refractivity contribution in [1.82, 2.24) is 4.72 Å². The maximum atomic E-state index is 14.5. The number of benzene rings is 1. The van der Waals surface area contributed by atoms with Gasteiger partial charge in [-0.25, -0.2) is 4.72 Å². The molecule has 0 aromatic heterocycles. The van der Waals surface area contributed by atoms with E-state index in [4.69, 9.17) is 0 Å². The third-order valence-corrected chi connectivity index (χ3v) is 6.43. The zero-order valence-electron chi connectivity index (χ0n) is 12.4. The van der Waals surface area contributed by atoms with Crippen LogP contribution in [0.3, 0.4) is 0 Å². The maximum Gasteiger partial charge on any atom is 0.292 e. The van der Waals surface area contributed by atoms with E-state index in [1.54, 1.807) is 24.5 Å². The fourth-order valence-corrected chi connectivity index (χ4v) is 2.63. The molecule has 0 aliphatic carbocycles. The largest absolute Gasteiger partial charge is 0.338 e. The Morgan fingerprint density at radius 3 is 2.15 bits per heavy atom. The predicted octanol–water partition coefficient (Wildman–Crippen LogP) is 4.54. The quantitative estimate of drug-likeness (QED) is 0.783. The molecule has 1 rings (SSSR count). The molecule has 0 saturated carbocycles. The molecule has 2 unspecified atom stereocenters. The highest BCUT2D eigenvalue weighted by Crippen LogP contribution is 2.50. The molecule has 5 heteroatoms. The van der Waals surface area contributed by atoms with E-state index < -0.39 is 27.2 Å². The molecule has 20 heavy (non-hydrogen) atoms. The Morgan fingerprint density at radius 2 is 1.75 bits per heavy atom. The van der Waals surface area contributed by atoms with Gasteiger partial charge < -0.3 is 4.55 Å². The van der Waals surface area contributed by atoms with Gasteiger partial charge in [0.05, 0.1) is 0 Å². The Kier molecular flexibility index (Phi) is 5.00. The van der Waals surface area contributed by atoms with Crippen LogP contribution >= 0.6 is 10.5 Å². The first-order valence-corrected chi connectivity index (χ1v) is 8.35. The highest BCUT2D eigenvalue weighted by Gasteiger charge is 2.43. The van der Waals surface area contributed by atoms with Crippen LogP contribution in [-0.4, -0.2) is 21.6 Å². The van der Waals surface area contributed by atoms with E-state index in [0.717, 1.165) is 6.08 Å².